The van der Waals surface area contributed by atoms with Crippen molar-refractivity contribution in [2.45, 2.75) is 31.1 Å². The zero-order valence-electron chi connectivity index (χ0n) is 16.9. The Balaban J connectivity index is 2.08. The van der Waals surface area contributed by atoms with Crippen LogP contribution in [0.15, 0.2) is 35.5 Å². The second-order valence-electron chi connectivity index (χ2n) is 7.91. The van der Waals surface area contributed by atoms with Gasteiger partial charge in [0.05, 0.1) is 17.3 Å². The van der Waals surface area contributed by atoms with Crippen molar-refractivity contribution in [1.29, 1.82) is 0 Å². The lowest BCUT2D eigenvalue weighted by atomic mass is 9.91. The van der Waals surface area contributed by atoms with Crippen LogP contribution in [0.5, 0.6) is 0 Å². The number of pyridine rings is 1. The molecule has 1 aromatic heterocycles. The molecular formula is C21H19ClF2N4O2S. The number of rotatable bonds is 3. The maximum absolute atomic E-state index is 14.8. The predicted molar refractivity (Wildman–Crippen MR) is 118 cm³/mol. The predicted octanol–water partition coefficient (Wildman–Crippen LogP) is 4.67. The Kier molecular flexibility index (Phi) is 5.67. The first-order valence-electron chi connectivity index (χ1n) is 9.09. The van der Waals surface area contributed by atoms with Crippen LogP contribution in [0.3, 0.4) is 0 Å². The van der Waals surface area contributed by atoms with Crippen molar-refractivity contribution in [3.8, 4) is 0 Å². The van der Waals surface area contributed by atoms with Crippen molar-refractivity contribution in [2.24, 2.45) is 10.7 Å². The first kappa shape index (κ1) is 22.8. The first-order chi connectivity index (χ1) is 14.3. The van der Waals surface area contributed by atoms with E-state index in [4.69, 9.17) is 23.9 Å². The van der Waals surface area contributed by atoms with Crippen LogP contribution in [0.1, 0.15) is 37.6 Å². The van der Waals surface area contributed by atoms with Gasteiger partial charge in [0.1, 0.15) is 27.6 Å². The summed E-state index contributed by atoms with van der Waals surface area (Å²) >= 11 is 6.00. The molecular weight excluding hydrogens is 446 g/mol. The minimum absolute atomic E-state index is 0.0292. The van der Waals surface area contributed by atoms with Gasteiger partial charge in [-0.25, -0.2) is 22.0 Å². The van der Waals surface area contributed by atoms with Crippen LogP contribution in [0, 0.1) is 12.4 Å². The number of halogens is 3. The van der Waals surface area contributed by atoms with Gasteiger partial charge in [0.25, 0.3) is 0 Å². The summed E-state index contributed by atoms with van der Waals surface area (Å²) in [5.41, 5.74) is 4.65. The van der Waals surface area contributed by atoms with Crippen LogP contribution in [-0.2, 0) is 15.4 Å². The van der Waals surface area contributed by atoms with Gasteiger partial charge in [-0.15, -0.1) is 0 Å². The molecule has 0 saturated carbocycles. The quantitative estimate of drug-likeness (QED) is 0.668. The van der Waals surface area contributed by atoms with E-state index in [1.54, 1.807) is 0 Å². The third-order valence-electron chi connectivity index (χ3n) is 5.28. The molecule has 1 aliphatic rings. The molecule has 3 rings (SSSR count). The van der Waals surface area contributed by atoms with E-state index in [1.165, 1.54) is 45.2 Å². The Morgan fingerprint density at radius 1 is 1.32 bits per heavy atom. The molecule has 2 heterocycles. The highest BCUT2D eigenvalue weighted by Crippen LogP contribution is 2.38. The summed E-state index contributed by atoms with van der Waals surface area (Å²) in [7, 11) is -3.74. The average Bonchev–Trinajstić information content (AvgIpc) is 2.67. The number of benzene rings is 1. The molecule has 0 bridgehead atoms. The molecule has 0 radical (unpaired) electrons. The van der Waals surface area contributed by atoms with E-state index in [1.807, 2.05) is 0 Å². The fourth-order valence-electron chi connectivity index (χ4n) is 3.21. The van der Waals surface area contributed by atoms with Crippen LogP contribution in [-0.4, -0.2) is 29.7 Å². The van der Waals surface area contributed by atoms with Gasteiger partial charge in [-0.3, -0.25) is 9.98 Å². The van der Waals surface area contributed by atoms with E-state index in [9.17, 15) is 17.2 Å². The number of nitrogens with zero attached hydrogens (tertiary/aromatic N) is 3. The van der Waals surface area contributed by atoms with Gasteiger partial charge in [-0.2, -0.15) is 0 Å². The van der Waals surface area contributed by atoms with Gasteiger partial charge in [0.2, 0.25) is 5.69 Å². The molecule has 6 nitrogen and oxygen atoms in total. The van der Waals surface area contributed by atoms with Crippen molar-refractivity contribution < 1.29 is 17.2 Å². The Morgan fingerprint density at radius 3 is 2.58 bits per heavy atom. The van der Waals surface area contributed by atoms with Crippen LogP contribution in [0.2, 0.25) is 5.02 Å². The molecule has 1 atom stereocenters. The molecule has 10 heteroatoms. The SMILES string of the molecule is [C-]#[N+]c1cnc(/C(F)=C/c2ccc(F)c([C@]3(C)CS(=O)(=O)C(C)(C)C(N)=N3)c2)c(Cl)c1. The van der Waals surface area contributed by atoms with Gasteiger partial charge in [-0.05, 0) is 50.6 Å². The molecule has 1 aromatic carbocycles. The lowest BCUT2D eigenvalue weighted by molar-refractivity contribution is 0.475. The maximum atomic E-state index is 14.8. The molecule has 0 amide bonds. The topological polar surface area (TPSA) is 89.8 Å². The number of amidine groups is 1. The normalized spacial score (nSPS) is 22.5. The van der Waals surface area contributed by atoms with Gasteiger partial charge < -0.3 is 5.73 Å². The van der Waals surface area contributed by atoms with E-state index >= 15 is 0 Å². The average molecular weight is 465 g/mol. The zero-order chi connectivity index (χ0) is 23.2. The monoisotopic (exact) mass is 464 g/mol. The highest BCUT2D eigenvalue weighted by Gasteiger charge is 2.49. The number of nitrogens with two attached hydrogens (primary N) is 1. The Morgan fingerprint density at radius 2 is 2.00 bits per heavy atom. The number of aromatic nitrogens is 1. The zero-order valence-corrected chi connectivity index (χ0v) is 18.5. The van der Waals surface area contributed by atoms with E-state index in [0.717, 1.165) is 12.1 Å². The van der Waals surface area contributed by atoms with Crippen LogP contribution >= 0.6 is 11.6 Å². The second kappa shape index (κ2) is 7.70. The summed E-state index contributed by atoms with van der Waals surface area (Å²) in [6.07, 6.45) is 2.28. The summed E-state index contributed by atoms with van der Waals surface area (Å²) in [6, 6.07) is 5.04. The lowest BCUT2D eigenvalue weighted by Crippen LogP contribution is -2.55. The molecule has 0 fully saturated rings. The second-order valence-corrected chi connectivity index (χ2v) is 10.9. The molecule has 2 N–H and O–H groups in total. The number of hydrogen-bond acceptors (Lipinski definition) is 5. The van der Waals surface area contributed by atoms with Crippen LogP contribution < -0.4 is 5.73 Å². The Hall–Kier alpha value is -2.83. The number of sulfone groups is 1. The van der Waals surface area contributed by atoms with Crippen molar-refractivity contribution >= 4 is 44.9 Å². The highest BCUT2D eigenvalue weighted by atomic mass is 35.5. The van der Waals surface area contributed by atoms with Crippen molar-refractivity contribution in [2.75, 3.05) is 5.75 Å². The molecule has 1 aliphatic heterocycles. The smallest absolute Gasteiger partial charge is 0.206 e. The molecule has 0 spiro atoms. The summed E-state index contributed by atoms with van der Waals surface area (Å²) in [6.45, 7) is 11.3. The Bertz CT molecular complexity index is 1280. The molecule has 0 unspecified atom stereocenters. The molecule has 162 valence electrons. The molecule has 31 heavy (non-hydrogen) atoms. The summed E-state index contributed by atoms with van der Waals surface area (Å²) in [5, 5.41) is -0.0467. The molecule has 2 aromatic rings. The largest absolute Gasteiger partial charge is 0.386 e. The highest BCUT2D eigenvalue weighted by molar-refractivity contribution is 7.93. The van der Waals surface area contributed by atoms with Crippen LogP contribution in [0.4, 0.5) is 14.5 Å². The number of hydrogen-bond donors (Lipinski definition) is 1. The van der Waals surface area contributed by atoms with Crippen LogP contribution in [0.25, 0.3) is 16.7 Å². The van der Waals surface area contributed by atoms with Crippen molar-refractivity contribution in [3.05, 3.63) is 69.5 Å². The van der Waals surface area contributed by atoms with Gasteiger partial charge in [0.15, 0.2) is 15.7 Å². The Labute approximate surface area is 184 Å². The summed E-state index contributed by atoms with van der Waals surface area (Å²) in [4.78, 5) is 11.3. The molecule has 0 saturated heterocycles. The van der Waals surface area contributed by atoms with Gasteiger partial charge >= 0.3 is 0 Å². The maximum Gasteiger partial charge on any atom is 0.206 e. The summed E-state index contributed by atoms with van der Waals surface area (Å²) in [5.74, 6) is -2.07. The first-order valence-corrected chi connectivity index (χ1v) is 11.1. The summed E-state index contributed by atoms with van der Waals surface area (Å²) < 4.78 is 53.6. The number of aliphatic imine (C=N–C) groups is 1. The van der Waals surface area contributed by atoms with E-state index in [2.05, 4.69) is 14.8 Å². The standard InChI is InChI=1S/C21H19ClF2N4O2S/c1-20(2)19(25)28-21(3,11-31(20,29)30)14-7-12(5-6-16(14)23)8-17(24)18-15(22)9-13(26-4)10-27-18/h5-10H,11H2,1-3H3,(H2,25,28)/b17-8-/t21-/m0/s1. The van der Waals surface area contributed by atoms with Gasteiger partial charge in [0, 0.05) is 11.8 Å². The lowest BCUT2D eigenvalue weighted by Gasteiger charge is -2.38. The van der Waals surface area contributed by atoms with Gasteiger partial charge in [-0.1, -0.05) is 17.7 Å². The fraction of sp³-hybridized carbons (Fsp3) is 0.286. The fourth-order valence-corrected chi connectivity index (χ4v) is 5.14. The molecule has 0 aliphatic carbocycles. The van der Waals surface area contributed by atoms with E-state index < -0.39 is 37.5 Å². The third-order valence-corrected chi connectivity index (χ3v) is 8.27. The van der Waals surface area contributed by atoms with Crippen molar-refractivity contribution in [1.82, 2.24) is 4.98 Å². The minimum atomic E-state index is -3.74. The third kappa shape index (κ3) is 4.05. The minimum Gasteiger partial charge on any atom is -0.386 e. The van der Waals surface area contributed by atoms with E-state index in [-0.39, 0.29) is 33.4 Å². The van der Waals surface area contributed by atoms with E-state index in [0.29, 0.717) is 0 Å². The van der Waals surface area contributed by atoms with Crippen molar-refractivity contribution in [3.63, 3.8) is 0 Å².